The van der Waals surface area contributed by atoms with Crippen molar-refractivity contribution in [3.05, 3.63) is 84.9 Å². The lowest BCUT2D eigenvalue weighted by Gasteiger charge is -2.33. The average Bonchev–Trinajstić information content (AvgIpc) is 3.24. The van der Waals surface area contributed by atoms with E-state index in [-0.39, 0.29) is 0 Å². The maximum Gasteiger partial charge on any atom is -0.00943 e. The molecule has 0 radical (unpaired) electrons. The molecule has 0 heterocycles. The van der Waals surface area contributed by atoms with Crippen LogP contribution >= 0.6 is 17.2 Å². The van der Waals surface area contributed by atoms with E-state index < -0.39 is 7.92 Å². The number of hydrogen-bond acceptors (Lipinski definition) is 0. The van der Waals surface area contributed by atoms with E-state index in [1.165, 1.54) is 40.8 Å². The van der Waals surface area contributed by atoms with E-state index in [9.17, 15) is 0 Å². The minimum Gasteiger partial charge on any atom is -0.134 e. The molecule has 4 aromatic rings. The van der Waals surface area contributed by atoms with E-state index >= 15 is 0 Å². The normalized spacial score (nSPS) is 20.5. The fourth-order valence-electron chi connectivity index (χ4n) is 5.23. The maximum atomic E-state index is 3.11. The Balaban J connectivity index is 1.78. The van der Waals surface area contributed by atoms with Crippen LogP contribution in [0.5, 0.6) is 0 Å². The third-order valence-corrected chi connectivity index (χ3v) is 10.2. The van der Waals surface area contributed by atoms with Crippen molar-refractivity contribution in [2.45, 2.75) is 37.5 Å². The summed E-state index contributed by atoms with van der Waals surface area (Å²) in [5, 5.41) is 8.75. The number of fused-ring (bicyclic) bond motifs is 2. The zero-order valence-electron chi connectivity index (χ0n) is 17.0. The van der Waals surface area contributed by atoms with Gasteiger partial charge in [-0.15, -0.1) is 9.24 Å². The molecule has 5 rings (SSSR count). The summed E-state index contributed by atoms with van der Waals surface area (Å²) in [4.78, 5) is 0. The molecule has 1 aliphatic carbocycles. The molecule has 1 saturated carbocycles. The van der Waals surface area contributed by atoms with E-state index in [4.69, 9.17) is 0 Å². The molecule has 146 valence electrons. The summed E-state index contributed by atoms with van der Waals surface area (Å²) in [6.45, 7) is 2.40. The van der Waals surface area contributed by atoms with Gasteiger partial charge in [0.1, 0.15) is 0 Å². The second-order valence-corrected chi connectivity index (χ2v) is 11.8. The van der Waals surface area contributed by atoms with Crippen molar-refractivity contribution >= 4 is 49.3 Å². The van der Waals surface area contributed by atoms with E-state index in [1.54, 1.807) is 10.6 Å². The highest BCUT2D eigenvalue weighted by molar-refractivity contribution is 7.74. The van der Waals surface area contributed by atoms with Gasteiger partial charge in [0.2, 0.25) is 0 Å². The van der Waals surface area contributed by atoms with Crippen LogP contribution < -0.4 is 10.6 Å². The molecule has 0 aliphatic heterocycles. The van der Waals surface area contributed by atoms with Gasteiger partial charge in [-0.25, -0.2) is 0 Å². The minimum absolute atomic E-state index is 0.437. The number of benzene rings is 4. The Hall–Kier alpha value is -1.74. The monoisotopic (exact) mass is 414 g/mol. The van der Waals surface area contributed by atoms with Gasteiger partial charge < -0.3 is 0 Å². The van der Waals surface area contributed by atoms with Crippen LogP contribution in [0.25, 0.3) is 21.5 Å². The lowest BCUT2D eigenvalue weighted by Crippen LogP contribution is -2.28. The Morgan fingerprint density at radius 2 is 1.24 bits per heavy atom. The van der Waals surface area contributed by atoms with Crippen molar-refractivity contribution in [2.24, 2.45) is 5.92 Å². The molecule has 0 saturated heterocycles. The molecule has 29 heavy (non-hydrogen) atoms. The highest BCUT2D eigenvalue weighted by atomic mass is 31.1. The van der Waals surface area contributed by atoms with Crippen LogP contribution in [-0.4, -0.2) is 11.3 Å². The van der Waals surface area contributed by atoms with Crippen LogP contribution in [0.15, 0.2) is 84.9 Å². The molecule has 0 bridgehead atoms. The van der Waals surface area contributed by atoms with Crippen LogP contribution in [0.2, 0.25) is 0 Å². The second kappa shape index (κ2) is 8.18. The first-order valence-electron chi connectivity index (χ1n) is 10.7. The first-order chi connectivity index (χ1) is 14.2. The van der Waals surface area contributed by atoms with Gasteiger partial charge in [0.15, 0.2) is 0 Å². The van der Waals surface area contributed by atoms with Gasteiger partial charge in [0.05, 0.1) is 0 Å². The summed E-state index contributed by atoms with van der Waals surface area (Å²) in [5.41, 5.74) is 1.41. The minimum atomic E-state index is -0.437. The Kier molecular flexibility index (Phi) is 5.43. The van der Waals surface area contributed by atoms with Crippen molar-refractivity contribution in [1.82, 2.24) is 0 Å². The van der Waals surface area contributed by atoms with E-state index in [1.807, 2.05) is 0 Å². The van der Waals surface area contributed by atoms with Crippen LogP contribution in [0.3, 0.4) is 0 Å². The molecule has 0 aromatic heterocycles. The Morgan fingerprint density at radius 1 is 0.724 bits per heavy atom. The van der Waals surface area contributed by atoms with Crippen LogP contribution in [-0.2, 0) is 0 Å². The highest BCUT2D eigenvalue weighted by Gasteiger charge is 2.37. The van der Waals surface area contributed by atoms with Gasteiger partial charge in [-0.1, -0.05) is 98.3 Å². The quantitative estimate of drug-likeness (QED) is 0.320. The van der Waals surface area contributed by atoms with Gasteiger partial charge in [-0.05, 0) is 70.2 Å². The average molecular weight is 414 g/mol. The first-order valence-corrected chi connectivity index (χ1v) is 12.8. The Labute approximate surface area is 177 Å². The van der Waals surface area contributed by atoms with Gasteiger partial charge in [0, 0.05) is 0 Å². The molecule has 4 atom stereocenters. The van der Waals surface area contributed by atoms with Crippen molar-refractivity contribution in [3.8, 4) is 0 Å². The maximum absolute atomic E-state index is 3.11. The third-order valence-electron chi connectivity index (χ3n) is 6.59. The molecule has 1 aliphatic rings. The molecule has 1 unspecified atom stereocenters. The summed E-state index contributed by atoms with van der Waals surface area (Å²) in [5.74, 6) is 0.782. The fourth-order valence-corrected chi connectivity index (χ4v) is 9.51. The summed E-state index contributed by atoms with van der Waals surface area (Å²) in [6.07, 6.45) is 4.08. The number of hydrogen-bond donors (Lipinski definition) is 0. The molecule has 0 spiro atoms. The van der Waals surface area contributed by atoms with Crippen LogP contribution in [0.4, 0.5) is 0 Å². The third kappa shape index (κ3) is 3.52. The van der Waals surface area contributed by atoms with E-state index in [0.717, 1.165) is 11.6 Å². The van der Waals surface area contributed by atoms with E-state index in [0.29, 0.717) is 5.66 Å². The fraction of sp³-hybridized carbons (Fsp3) is 0.259. The molecule has 0 amide bonds. The summed E-state index contributed by atoms with van der Waals surface area (Å²) >= 11 is 0. The lowest BCUT2D eigenvalue weighted by molar-refractivity contribution is 0.552. The Morgan fingerprint density at radius 3 is 1.79 bits per heavy atom. The zero-order valence-corrected chi connectivity index (χ0v) is 19.0. The van der Waals surface area contributed by atoms with E-state index in [2.05, 4.69) is 101 Å². The largest absolute Gasteiger partial charge is 0.134 e. The molecule has 2 heteroatoms. The van der Waals surface area contributed by atoms with Crippen molar-refractivity contribution in [1.29, 1.82) is 0 Å². The lowest BCUT2D eigenvalue weighted by atomic mass is 10.0. The topological polar surface area (TPSA) is 0 Å². The van der Waals surface area contributed by atoms with Crippen molar-refractivity contribution in [2.75, 3.05) is 0 Å². The standard InChI is InChI=1S/C27H28P2/c1-19(28)22-15-8-18-25(22)29(26-16-6-11-20-9-2-4-13-23(20)26)27-17-7-12-21-10-3-5-14-24(21)27/h2-7,9-14,16-17,19,22,25H,8,15,18,28H2,1H3/t19-,22+,25-/m0/s1. The molecule has 0 nitrogen and oxygen atoms in total. The highest BCUT2D eigenvalue weighted by Crippen LogP contribution is 2.53. The molecular weight excluding hydrogens is 386 g/mol. The first kappa shape index (κ1) is 19.2. The smallest absolute Gasteiger partial charge is 0.00943 e. The Bertz CT molecular complexity index is 1060. The molecule has 4 aromatic carbocycles. The second-order valence-electron chi connectivity index (χ2n) is 8.39. The van der Waals surface area contributed by atoms with Crippen molar-refractivity contribution < 1.29 is 0 Å². The summed E-state index contributed by atoms with van der Waals surface area (Å²) < 4.78 is 0. The van der Waals surface area contributed by atoms with Gasteiger partial charge in [-0.3, -0.25) is 0 Å². The molecular formula is C27H28P2. The van der Waals surface area contributed by atoms with Gasteiger partial charge >= 0.3 is 0 Å². The van der Waals surface area contributed by atoms with Gasteiger partial charge in [-0.2, -0.15) is 0 Å². The summed E-state index contributed by atoms with van der Waals surface area (Å²) in [7, 11) is 2.68. The zero-order chi connectivity index (χ0) is 19.8. The predicted octanol–water partition coefficient (Wildman–Crippen LogP) is 6.86. The van der Waals surface area contributed by atoms with Crippen molar-refractivity contribution in [3.63, 3.8) is 0 Å². The predicted molar refractivity (Wildman–Crippen MR) is 134 cm³/mol. The molecule has 1 fully saturated rings. The number of rotatable bonds is 4. The van der Waals surface area contributed by atoms with Crippen LogP contribution in [0.1, 0.15) is 26.2 Å². The van der Waals surface area contributed by atoms with Gasteiger partial charge in [0.25, 0.3) is 0 Å². The SMILES string of the molecule is C[C@H](P)[C@H]1CCC[C@@H]1P(c1cccc2ccccc12)c1cccc2ccccc12. The summed E-state index contributed by atoms with van der Waals surface area (Å²) in [6, 6.07) is 31.8. The van der Waals surface area contributed by atoms with Crippen LogP contribution in [0, 0.1) is 5.92 Å². The molecule has 0 N–H and O–H groups in total.